The number of carbonyl (C=O) groups is 1. The highest BCUT2D eigenvalue weighted by atomic mass is 16.3. The van der Waals surface area contributed by atoms with Gasteiger partial charge in [-0.2, -0.15) is 10.4 Å². The molecule has 0 saturated heterocycles. The number of hydrogen-bond acceptors (Lipinski definition) is 4. The fourth-order valence-corrected chi connectivity index (χ4v) is 10.6. The molecular formula is C30H41N3O2. The fraction of sp³-hybridized carbons (Fsp3) is 0.833. The Labute approximate surface area is 209 Å². The van der Waals surface area contributed by atoms with Crippen LogP contribution < -0.4 is 0 Å². The van der Waals surface area contributed by atoms with Gasteiger partial charge in [-0.05, 0) is 117 Å². The van der Waals surface area contributed by atoms with Crippen LogP contribution >= 0.6 is 0 Å². The first-order valence-electron chi connectivity index (χ1n) is 14.4. The lowest BCUT2D eigenvalue weighted by Gasteiger charge is -2.58. The molecule has 35 heavy (non-hydrogen) atoms. The van der Waals surface area contributed by atoms with Gasteiger partial charge in [-0.25, -0.2) is 0 Å². The largest absolute Gasteiger partial charge is 0.390 e. The number of ketones is 1. The van der Waals surface area contributed by atoms with E-state index in [1.807, 2.05) is 13.1 Å². The minimum Gasteiger partial charge on any atom is -0.390 e. The molecule has 1 aromatic rings. The molecule has 0 amide bonds. The summed E-state index contributed by atoms with van der Waals surface area (Å²) in [5, 5.41) is 25.0. The minimum atomic E-state index is -0.463. The van der Waals surface area contributed by atoms with Gasteiger partial charge < -0.3 is 5.11 Å². The Kier molecular flexibility index (Phi) is 4.78. The molecule has 0 aliphatic heterocycles. The van der Waals surface area contributed by atoms with Crippen LogP contribution in [-0.4, -0.2) is 26.3 Å². The van der Waals surface area contributed by atoms with E-state index in [0.717, 1.165) is 55.0 Å². The standard InChI is InChI=1S/C30H41N3O2/c1-16-24-25(16)27(23(34)15-33-14-19(13-31)28(32-33)17-4-5-17)30(3)11-9-21-20-8-10-29(2,35)12-18(20)6-7-22(21)26(24)30/h14,16-18,20-22,24-27,35H,4-12,15H2,1-3H3/t16-,18+,20-,21+,22+,24+,25-,26?,27-,29+,30-/m0/s1. The molecule has 1 unspecified atom stereocenters. The number of carbonyl (C=O) groups excluding carboxylic acids is 1. The van der Waals surface area contributed by atoms with Crippen LogP contribution in [0.25, 0.3) is 0 Å². The number of nitrogens with zero attached hydrogens (tertiary/aromatic N) is 3. The van der Waals surface area contributed by atoms with Crippen LogP contribution in [-0.2, 0) is 11.3 Å². The highest BCUT2D eigenvalue weighted by Crippen LogP contribution is 2.77. The molecule has 6 saturated carbocycles. The molecule has 188 valence electrons. The monoisotopic (exact) mass is 475 g/mol. The van der Waals surface area contributed by atoms with Crippen LogP contribution in [0, 0.1) is 70.0 Å². The van der Waals surface area contributed by atoms with Crippen LogP contribution in [0.5, 0.6) is 0 Å². The van der Waals surface area contributed by atoms with Gasteiger partial charge >= 0.3 is 0 Å². The van der Waals surface area contributed by atoms with E-state index in [1.54, 1.807) is 4.68 Å². The van der Waals surface area contributed by atoms with Crippen molar-refractivity contribution in [3.8, 4) is 6.07 Å². The van der Waals surface area contributed by atoms with Gasteiger partial charge in [-0.3, -0.25) is 9.48 Å². The summed E-state index contributed by atoms with van der Waals surface area (Å²) in [5.41, 5.74) is 1.24. The summed E-state index contributed by atoms with van der Waals surface area (Å²) in [5.74, 6) is 6.63. The molecule has 6 aliphatic carbocycles. The second-order valence-corrected chi connectivity index (χ2v) is 14.1. The Balaban J connectivity index is 1.13. The molecule has 6 aliphatic rings. The van der Waals surface area contributed by atoms with Crippen LogP contribution in [0.1, 0.15) is 95.7 Å². The first-order chi connectivity index (χ1) is 16.7. The average Bonchev–Trinajstić information content (AvgIpc) is 3.69. The number of fused-ring (bicyclic) bond motifs is 7. The molecule has 11 atom stereocenters. The molecule has 7 rings (SSSR count). The zero-order chi connectivity index (χ0) is 24.3. The number of rotatable bonds is 4. The summed E-state index contributed by atoms with van der Waals surface area (Å²) >= 11 is 0. The number of aliphatic hydroxyl groups is 1. The van der Waals surface area contributed by atoms with Crippen molar-refractivity contribution in [1.82, 2.24) is 9.78 Å². The maximum absolute atomic E-state index is 13.9. The highest BCUT2D eigenvalue weighted by molar-refractivity contribution is 5.83. The SMILES string of the molecule is C[C@H]1[C@H]2C3[C@@H]4CC[C@@H]5C[C@](C)(O)CC[C@@H]5[C@H]4CC[C@]3(C)[C@@H](C(=O)Cn3cc(C#N)c(C4CC4)n3)[C@@H]12. The van der Waals surface area contributed by atoms with Crippen LogP contribution in [0.4, 0.5) is 0 Å². The summed E-state index contributed by atoms with van der Waals surface area (Å²) < 4.78 is 1.79. The van der Waals surface area contributed by atoms with Crippen molar-refractivity contribution >= 4 is 5.78 Å². The zero-order valence-corrected chi connectivity index (χ0v) is 21.6. The van der Waals surface area contributed by atoms with E-state index in [9.17, 15) is 15.2 Å². The van der Waals surface area contributed by atoms with E-state index in [-0.39, 0.29) is 11.3 Å². The number of aromatic nitrogens is 2. The normalized spacial score (nSPS) is 49.9. The number of nitriles is 1. The topological polar surface area (TPSA) is 78.9 Å². The first kappa shape index (κ1) is 22.5. The summed E-state index contributed by atoms with van der Waals surface area (Å²) in [7, 11) is 0. The second-order valence-electron chi connectivity index (χ2n) is 14.1. The van der Waals surface area contributed by atoms with Crippen molar-refractivity contribution < 1.29 is 9.90 Å². The van der Waals surface area contributed by atoms with E-state index in [2.05, 4.69) is 19.9 Å². The summed E-state index contributed by atoms with van der Waals surface area (Å²) in [6.45, 7) is 7.24. The van der Waals surface area contributed by atoms with E-state index in [1.165, 1.54) is 32.1 Å². The molecule has 1 aromatic heterocycles. The zero-order valence-electron chi connectivity index (χ0n) is 21.6. The first-order valence-corrected chi connectivity index (χ1v) is 14.4. The molecule has 5 nitrogen and oxygen atoms in total. The van der Waals surface area contributed by atoms with Crippen molar-refractivity contribution in [2.24, 2.45) is 58.7 Å². The summed E-state index contributed by atoms with van der Waals surface area (Å²) in [6, 6.07) is 2.31. The van der Waals surface area contributed by atoms with Crippen molar-refractivity contribution in [1.29, 1.82) is 5.26 Å². The van der Waals surface area contributed by atoms with Gasteiger partial charge in [0.15, 0.2) is 5.78 Å². The maximum Gasteiger partial charge on any atom is 0.158 e. The van der Waals surface area contributed by atoms with Gasteiger partial charge in [0, 0.05) is 18.0 Å². The van der Waals surface area contributed by atoms with Gasteiger partial charge in [0.05, 0.1) is 23.4 Å². The lowest BCUT2D eigenvalue weighted by Crippen LogP contribution is -2.52. The lowest BCUT2D eigenvalue weighted by molar-refractivity contribution is -0.137. The van der Waals surface area contributed by atoms with E-state index in [4.69, 9.17) is 5.10 Å². The predicted octanol–water partition coefficient (Wildman–Crippen LogP) is 5.32. The van der Waals surface area contributed by atoms with E-state index in [0.29, 0.717) is 47.5 Å². The molecule has 1 N–H and O–H groups in total. The molecule has 0 bridgehead atoms. The van der Waals surface area contributed by atoms with Gasteiger partial charge in [-0.15, -0.1) is 0 Å². The van der Waals surface area contributed by atoms with Crippen molar-refractivity contribution in [2.75, 3.05) is 0 Å². The Hall–Kier alpha value is -1.67. The molecule has 0 radical (unpaired) electrons. The third-order valence-corrected chi connectivity index (χ3v) is 12.1. The second kappa shape index (κ2) is 7.44. The van der Waals surface area contributed by atoms with Crippen LogP contribution in [0.3, 0.4) is 0 Å². The Morgan fingerprint density at radius 2 is 1.89 bits per heavy atom. The minimum absolute atomic E-state index is 0.123. The average molecular weight is 476 g/mol. The number of hydrogen-bond donors (Lipinski definition) is 1. The Morgan fingerprint density at radius 1 is 1.11 bits per heavy atom. The van der Waals surface area contributed by atoms with Crippen LogP contribution in [0.2, 0.25) is 0 Å². The summed E-state index contributed by atoms with van der Waals surface area (Å²) in [6.07, 6.45) is 12.2. The van der Waals surface area contributed by atoms with Gasteiger partial charge in [0.1, 0.15) is 6.07 Å². The van der Waals surface area contributed by atoms with Crippen LogP contribution in [0.15, 0.2) is 6.20 Å². The molecule has 0 spiro atoms. The quantitative estimate of drug-likeness (QED) is 0.639. The van der Waals surface area contributed by atoms with Crippen molar-refractivity contribution in [3.63, 3.8) is 0 Å². The van der Waals surface area contributed by atoms with Gasteiger partial charge in [0.2, 0.25) is 0 Å². The third kappa shape index (κ3) is 3.27. The van der Waals surface area contributed by atoms with Gasteiger partial charge in [-0.1, -0.05) is 13.8 Å². The molecule has 5 heteroatoms. The van der Waals surface area contributed by atoms with Crippen molar-refractivity contribution in [3.05, 3.63) is 17.5 Å². The highest BCUT2D eigenvalue weighted by Gasteiger charge is 2.74. The Morgan fingerprint density at radius 3 is 2.63 bits per heavy atom. The third-order valence-electron chi connectivity index (χ3n) is 12.1. The number of Topliss-reactive ketones (excluding diaryl/α,β-unsaturated/α-hetero) is 1. The molecule has 1 heterocycles. The van der Waals surface area contributed by atoms with E-state index < -0.39 is 5.60 Å². The fourth-order valence-electron chi connectivity index (χ4n) is 10.6. The van der Waals surface area contributed by atoms with Crippen molar-refractivity contribution in [2.45, 2.75) is 96.6 Å². The Bertz CT molecular complexity index is 1100. The predicted molar refractivity (Wildman–Crippen MR) is 132 cm³/mol. The molecule has 6 fully saturated rings. The lowest BCUT2D eigenvalue weighted by atomic mass is 9.47. The molecule has 0 aromatic carbocycles. The van der Waals surface area contributed by atoms with E-state index >= 15 is 0 Å². The van der Waals surface area contributed by atoms with Gasteiger partial charge in [0.25, 0.3) is 0 Å². The smallest absolute Gasteiger partial charge is 0.158 e. The maximum atomic E-state index is 13.9. The summed E-state index contributed by atoms with van der Waals surface area (Å²) in [4.78, 5) is 13.9. The molecular weight excluding hydrogens is 434 g/mol.